The molecule has 0 aliphatic heterocycles. The van der Waals surface area contributed by atoms with Gasteiger partial charge >= 0.3 is 0 Å². The third-order valence-corrected chi connectivity index (χ3v) is 1.99. The molecule has 0 amide bonds. The van der Waals surface area contributed by atoms with Crippen molar-refractivity contribution in [1.29, 1.82) is 0 Å². The summed E-state index contributed by atoms with van der Waals surface area (Å²) in [6, 6.07) is -0.266. The standard InChI is InChI=1S/C7H11N7/c1-14-3-2-9-7(14)5(12-8)6-10-4-11-13-6/h2-5,12H,8H2,1H3,(H,10,11,13). The molecule has 0 saturated heterocycles. The number of rotatable bonds is 3. The van der Waals surface area contributed by atoms with Crippen LogP contribution in [-0.4, -0.2) is 24.7 Å². The number of imidazole rings is 1. The predicted octanol–water partition coefficient (Wildman–Crippen LogP) is -0.909. The second kappa shape index (κ2) is 3.56. The molecule has 0 spiro atoms. The third kappa shape index (κ3) is 1.38. The Balaban J connectivity index is 2.36. The fourth-order valence-corrected chi connectivity index (χ4v) is 1.29. The van der Waals surface area contributed by atoms with Gasteiger partial charge in [0.2, 0.25) is 0 Å². The lowest BCUT2D eigenvalue weighted by atomic mass is 10.3. The molecule has 0 aromatic carbocycles. The topological polar surface area (TPSA) is 97.4 Å². The molecular formula is C7H11N7. The van der Waals surface area contributed by atoms with E-state index in [-0.39, 0.29) is 6.04 Å². The van der Waals surface area contributed by atoms with E-state index in [1.807, 2.05) is 17.8 Å². The summed E-state index contributed by atoms with van der Waals surface area (Å²) in [4.78, 5) is 8.20. The minimum atomic E-state index is -0.266. The van der Waals surface area contributed by atoms with Crippen LogP contribution in [-0.2, 0) is 7.05 Å². The van der Waals surface area contributed by atoms with Crippen molar-refractivity contribution in [3.8, 4) is 0 Å². The number of hydrogen-bond donors (Lipinski definition) is 3. The highest BCUT2D eigenvalue weighted by atomic mass is 15.3. The summed E-state index contributed by atoms with van der Waals surface area (Å²) >= 11 is 0. The van der Waals surface area contributed by atoms with Gasteiger partial charge in [0.15, 0.2) is 5.82 Å². The van der Waals surface area contributed by atoms with Gasteiger partial charge in [-0.3, -0.25) is 10.9 Å². The highest BCUT2D eigenvalue weighted by molar-refractivity contribution is 5.09. The fourth-order valence-electron chi connectivity index (χ4n) is 1.29. The number of hydrazine groups is 1. The van der Waals surface area contributed by atoms with Crippen molar-refractivity contribution in [3.63, 3.8) is 0 Å². The Kier molecular flexibility index (Phi) is 2.25. The highest BCUT2D eigenvalue weighted by Gasteiger charge is 2.18. The second-order valence-electron chi connectivity index (χ2n) is 2.87. The van der Waals surface area contributed by atoms with E-state index in [4.69, 9.17) is 5.84 Å². The quantitative estimate of drug-likeness (QED) is 0.433. The molecule has 2 rings (SSSR count). The summed E-state index contributed by atoms with van der Waals surface area (Å²) < 4.78 is 1.87. The molecule has 2 heterocycles. The van der Waals surface area contributed by atoms with E-state index in [2.05, 4.69) is 25.6 Å². The van der Waals surface area contributed by atoms with E-state index in [9.17, 15) is 0 Å². The molecule has 4 N–H and O–H groups in total. The lowest BCUT2D eigenvalue weighted by Crippen LogP contribution is -2.31. The minimum absolute atomic E-state index is 0.266. The molecule has 0 aliphatic carbocycles. The largest absolute Gasteiger partial charge is 0.336 e. The van der Waals surface area contributed by atoms with Crippen molar-refractivity contribution in [2.45, 2.75) is 6.04 Å². The van der Waals surface area contributed by atoms with Crippen LogP contribution < -0.4 is 11.3 Å². The van der Waals surface area contributed by atoms with Crippen molar-refractivity contribution in [1.82, 2.24) is 30.2 Å². The molecule has 0 bridgehead atoms. The van der Waals surface area contributed by atoms with E-state index < -0.39 is 0 Å². The molecule has 7 nitrogen and oxygen atoms in total. The van der Waals surface area contributed by atoms with Crippen LogP contribution in [0.25, 0.3) is 0 Å². The lowest BCUT2D eigenvalue weighted by Gasteiger charge is -2.12. The summed E-state index contributed by atoms with van der Waals surface area (Å²) in [7, 11) is 1.89. The predicted molar refractivity (Wildman–Crippen MR) is 48.8 cm³/mol. The van der Waals surface area contributed by atoms with E-state index in [1.54, 1.807) is 6.20 Å². The Hall–Kier alpha value is -1.73. The van der Waals surface area contributed by atoms with Gasteiger partial charge in [0, 0.05) is 19.4 Å². The van der Waals surface area contributed by atoms with Gasteiger partial charge in [0.05, 0.1) is 0 Å². The van der Waals surface area contributed by atoms with Crippen molar-refractivity contribution in [2.75, 3.05) is 0 Å². The normalized spacial score (nSPS) is 13.0. The number of H-pyrrole nitrogens is 1. The first-order valence-corrected chi connectivity index (χ1v) is 4.11. The molecule has 1 atom stereocenters. The van der Waals surface area contributed by atoms with Gasteiger partial charge in [-0.2, -0.15) is 5.10 Å². The molecule has 1 unspecified atom stereocenters. The first-order valence-electron chi connectivity index (χ1n) is 4.11. The lowest BCUT2D eigenvalue weighted by molar-refractivity contribution is 0.554. The van der Waals surface area contributed by atoms with E-state index in [0.717, 1.165) is 5.82 Å². The third-order valence-electron chi connectivity index (χ3n) is 1.99. The maximum atomic E-state index is 5.43. The zero-order chi connectivity index (χ0) is 9.97. The molecular weight excluding hydrogens is 182 g/mol. The number of nitrogens with two attached hydrogens (primary N) is 1. The van der Waals surface area contributed by atoms with Gasteiger partial charge in [0.25, 0.3) is 0 Å². The van der Waals surface area contributed by atoms with Crippen LogP contribution in [0.5, 0.6) is 0 Å². The molecule has 2 aromatic rings. The van der Waals surface area contributed by atoms with Gasteiger partial charge < -0.3 is 4.57 Å². The Bertz CT molecular complexity index is 390. The molecule has 0 fully saturated rings. The smallest absolute Gasteiger partial charge is 0.150 e. The zero-order valence-corrected chi connectivity index (χ0v) is 7.68. The fraction of sp³-hybridized carbons (Fsp3) is 0.286. The van der Waals surface area contributed by atoms with Crippen LogP contribution in [0.15, 0.2) is 18.7 Å². The summed E-state index contributed by atoms with van der Waals surface area (Å²) in [6.07, 6.45) is 4.98. The van der Waals surface area contributed by atoms with Gasteiger partial charge in [-0.1, -0.05) is 0 Å². The number of aryl methyl sites for hydroxylation is 1. The molecule has 74 valence electrons. The molecule has 14 heavy (non-hydrogen) atoms. The zero-order valence-electron chi connectivity index (χ0n) is 7.68. The van der Waals surface area contributed by atoms with Crippen molar-refractivity contribution in [3.05, 3.63) is 30.4 Å². The van der Waals surface area contributed by atoms with Gasteiger partial charge in [0.1, 0.15) is 18.2 Å². The first-order chi connectivity index (χ1) is 6.83. The molecule has 7 heteroatoms. The van der Waals surface area contributed by atoms with Crippen molar-refractivity contribution < 1.29 is 0 Å². The van der Waals surface area contributed by atoms with Crippen molar-refractivity contribution in [2.24, 2.45) is 12.9 Å². The molecule has 2 aromatic heterocycles. The van der Waals surface area contributed by atoms with Crippen LogP contribution in [0.3, 0.4) is 0 Å². The number of nitrogens with zero attached hydrogens (tertiary/aromatic N) is 4. The Morgan fingerprint density at radius 3 is 2.93 bits per heavy atom. The van der Waals surface area contributed by atoms with E-state index in [0.29, 0.717) is 5.82 Å². The molecule has 0 saturated carbocycles. The van der Waals surface area contributed by atoms with E-state index >= 15 is 0 Å². The van der Waals surface area contributed by atoms with Gasteiger partial charge in [-0.15, -0.1) is 0 Å². The maximum absolute atomic E-state index is 5.43. The average molecular weight is 193 g/mol. The average Bonchev–Trinajstić information content (AvgIpc) is 2.80. The minimum Gasteiger partial charge on any atom is -0.336 e. The van der Waals surface area contributed by atoms with Crippen LogP contribution in [0, 0.1) is 0 Å². The molecule has 0 radical (unpaired) electrons. The summed E-state index contributed by atoms with van der Waals surface area (Å²) in [5.74, 6) is 6.86. The summed E-state index contributed by atoms with van der Waals surface area (Å²) in [6.45, 7) is 0. The summed E-state index contributed by atoms with van der Waals surface area (Å²) in [5, 5.41) is 6.51. The molecule has 0 aliphatic rings. The Morgan fingerprint density at radius 2 is 2.43 bits per heavy atom. The van der Waals surface area contributed by atoms with Crippen LogP contribution in [0.2, 0.25) is 0 Å². The Labute approximate surface area is 80.3 Å². The van der Waals surface area contributed by atoms with Crippen LogP contribution in [0.1, 0.15) is 17.7 Å². The van der Waals surface area contributed by atoms with E-state index in [1.165, 1.54) is 6.33 Å². The number of hydrogen-bond acceptors (Lipinski definition) is 5. The number of aromatic amines is 1. The van der Waals surface area contributed by atoms with Crippen LogP contribution >= 0.6 is 0 Å². The summed E-state index contributed by atoms with van der Waals surface area (Å²) in [5.41, 5.74) is 2.63. The number of aromatic nitrogens is 5. The second-order valence-corrected chi connectivity index (χ2v) is 2.87. The monoisotopic (exact) mass is 193 g/mol. The van der Waals surface area contributed by atoms with Crippen LogP contribution in [0.4, 0.5) is 0 Å². The van der Waals surface area contributed by atoms with Crippen molar-refractivity contribution >= 4 is 0 Å². The SMILES string of the molecule is Cn1ccnc1C(NN)c1ncn[nH]1. The number of nitrogens with one attached hydrogen (secondary N) is 2. The first kappa shape index (κ1) is 8.85. The Morgan fingerprint density at radius 1 is 1.57 bits per heavy atom. The van der Waals surface area contributed by atoms with Gasteiger partial charge in [-0.25, -0.2) is 15.4 Å². The highest BCUT2D eigenvalue weighted by Crippen LogP contribution is 2.14. The van der Waals surface area contributed by atoms with Gasteiger partial charge in [-0.05, 0) is 0 Å². The maximum Gasteiger partial charge on any atom is 0.150 e.